The second-order valence-corrected chi connectivity index (χ2v) is 5.30. The van der Waals surface area contributed by atoms with Gasteiger partial charge >= 0.3 is 5.97 Å². The molecule has 0 amide bonds. The average molecular weight is 238 g/mol. The zero-order chi connectivity index (χ0) is 11.9. The number of carbonyl (C=O) groups excluding carboxylic acids is 1. The minimum atomic E-state index is -3.36. The number of sulfonamides is 1. The molecule has 0 aliphatic carbocycles. The van der Waals surface area contributed by atoms with Crippen molar-refractivity contribution < 1.29 is 17.9 Å². The largest absolute Gasteiger partial charge is 0.469 e. The molecule has 0 aliphatic heterocycles. The molecule has 0 radical (unpaired) electrons. The van der Waals surface area contributed by atoms with E-state index in [1.165, 1.54) is 18.5 Å². The monoisotopic (exact) mass is 238 g/mol. The van der Waals surface area contributed by atoms with Crippen LogP contribution in [0.3, 0.4) is 0 Å². The van der Waals surface area contributed by atoms with E-state index < -0.39 is 16.0 Å². The maximum absolute atomic E-state index is 11.5. The highest BCUT2D eigenvalue weighted by Gasteiger charge is 2.18. The molecule has 0 heterocycles. The predicted octanol–water partition coefficient (Wildman–Crippen LogP) is -0.840. The van der Waals surface area contributed by atoms with Gasteiger partial charge in [-0.2, -0.15) is 0 Å². The molecule has 0 unspecified atom stereocenters. The normalized spacial score (nSPS) is 11.7. The van der Waals surface area contributed by atoms with Crippen molar-refractivity contribution in [2.75, 3.05) is 33.0 Å². The molecule has 0 aromatic carbocycles. The van der Waals surface area contributed by atoms with Gasteiger partial charge in [-0.05, 0) is 13.0 Å². The zero-order valence-electron chi connectivity index (χ0n) is 9.10. The summed E-state index contributed by atoms with van der Waals surface area (Å²) in [7, 11) is -0.657. The molecule has 0 saturated heterocycles. The van der Waals surface area contributed by atoms with Gasteiger partial charge in [-0.3, -0.25) is 4.79 Å². The smallest absolute Gasteiger partial charge is 0.306 e. The standard InChI is InChI=1S/C8H18N2O4S/c1-10(6-3-5-9)15(12,13)7-4-8(11)14-2/h3-7,9H2,1-2H3. The number of hydrogen-bond acceptors (Lipinski definition) is 5. The molecule has 0 aromatic heterocycles. The van der Waals surface area contributed by atoms with E-state index in [0.717, 1.165) is 0 Å². The van der Waals surface area contributed by atoms with Gasteiger partial charge in [-0.15, -0.1) is 0 Å². The highest BCUT2D eigenvalue weighted by atomic mass is 32.2. The Morgan fingerprint density at radius 1 is 1.47 bits per heavy atom. The molecule has 0 rings (SSSR count). The summed E-state index contributed by atoms with van der Waals surface area (Å²) in [6.45, 7) is 0.816. The predicted molar refractivity (Wildman–Crippen MR) is 56.7 cm³/mol. The minimum Gasteiger partial charge on any atom is -0.469 e. The molecule has 0 fully saturated rings. The van der Waals surface area contributed by atoms with E-state index in [0.29, 0.717) is 19.5 Å². The molecule has 0 aliphatic rings. The number of esters is 1. The van der Waals surface area contributed by atoms with Crippen LogP contribution in [-0.2, 0) is 19.6 Å². The lowest BCUT2D eigenvalue weighted by Gasteiger charge is -2.15. The molecule has 0 bridgehead atoms. The van der Waals surface area contributed by atoms with Crippen LogP contribution < -0.4 is 5.73 Å². The third-order valence-electron chi connectivity index (χ3n) is 1.94. The third-order valence-corrected chi connectivity index (χ3v) is 3.80. The Labute approximate surface area is 90.4 Å². The van der Waals surface area contributed by atoms with Crippen molar-refractivity contribution in [1.29, 1.82) is 0 Å². The number of carbonyl (C=O) groups is 1. The van der Waals surface area contributed by atoms with Gasteiger partial charge in [0.25, 0.3) is 0 Å². The number of nitrogens with zero attached hydrogens (tertiary/aromatic N) is 1. The van der Waals surface area contributed by atoms with E-state index in [9.17, 15) is 13.2 Å². The summed E-state index contributed by atoms with van der Waals surface area (Å²) in [4.78, 5) is 10.8. The van der Waals surface area contributed by atoms with E-state index in [1.54, 1.807) is 0 Å². The molecule has 0 saturated carbocycles. The number of rotatable bonds is 7. The van der Waals surface area contributed by atoms with E-state index >= 15 is 0 Å². The highest BCUT2D eigenvalue weighted by Crippen LogP contribution is 2.01. The summed E-state index contributed by atoms with van der Waals surface area (Å²) >= 11 is 0. The van der Waals surface area contributed by atoms with Gasteiger partial charge in [-0.1, -0.05) is 0 Å². The fraction of sp³-hybridized carbons (Fsp3) is 0.875. The van der Waals surface area contributed by atoms with Crippen molar-refractivity contribution in [3.8, 4) is 0 Å². The van der Waals surface area contributed by atoms with Crippen LogP contribution in [0, 0.1) is 0 Å². The Kier molecular flexibility index (Phi) is 6.46. The molecule has 2 N–H and O–H groups in total. The topological polar surface area (TPSA) is 89.7 Å². The van der Waals surface area contributed by atoms with Gasteiger partial charge in [0.15, 0.2) is 0 Å². The molecule has 15 heavy (non-hydrogen) atoms. The van der Waals surface area contributed by atoms with Crippen molar-refractivity contribution in [2.24, 2.45) is 5.73 Å². The molecule has 0 atom stereocenters. The van der Waals surface area contributed by atoms with E-state index in [1.807, 2.05) is 0 Å². The van der Waals surface area contributed by atoms with Gasteiger partial charge in [0.1, 0.15) is 0 Å². The van der Waals surface area contributed by atoms with Crippen LogP contribution in [0.2, 0.25) is 0 Å². The van der Waals surface area contributed by atoms with Crippen molar-refractivity contribution in [3.05, 3.63) is 0 Å². The molecule has 90 valence electrons. The Hall–Kier alpha value is -0.660. The first-order valence-corrected chi connectivity index (χ1v) is 6.26. The third kappa shape index (κ3) is 5.71. The lowest BCUT2D eigenvalue weighted by atomic mass is 10.4. The fourth-order valence-electron chi connectivity index (χ4n) is 0.923. The van der Waals surface area contributed by atoms with E-state index in [-0.39, 0.29) is 12.2 Å². The molecular formula is C8H18N2O4S. The van der Waals surface area contributed by atoms with Crippen LogP contribution in [0.5, 0.6) is 0 Å². The molecule has 7 heteroatoms. The number of ether oxygens (including phenoxy) is 1. The van der Waals surface area contributed by atoms with Crippen LogP contribution in [0.25, 0.3) is 0 Å². The zero-order valence-corrected chi connectivity index (χ0v) is 9.92. The maximum atomic E-state index is 11.5. The quantitative estimate of drug-likeness (QED) is 0.584. The van der Waals surface area contributed by atoms with Crippen LogP contribution in [0.15, 0.2) is 0 Å². The number of methoxy groups -OCH3 is 1. The summed E-state index contributed by atoms with van der Waals surface area (Å²) in [5.41, 5.74) is 5.27. The average Bonchev–Trinajstić information content (AvgIpc) is 2.22. The lowest BCUT2D eigenvalue weighted by molar-refractivity contribution is -0.140. The summed E-state index contributed by atoms with van der Waals surface area (Å²) in [6.07, 6.45) is 0.486. The SMILES string of the molecule is COC(=O)CCS(=O)(=O)N(C)CCCN. The van der Waals surface area contributed by atoms with E-state index in [2.05, 4.69) is 4.74 Å². The fourth-order valence-corrected chi connectivity index (χ4v) is 2.07. The lowest BCUT2D eigenvalue weighted by Crippen LogP contribution is -2.32. The van der Waals surface area contributed by atoms with Gasteiger partial charge < -0.3 is 10.5 Å². The molecular weight excluding hydrogens is 220 g/mol. The highest BCUT2D eigenvalue weighted by molar-refractivity contribution is 7.89. The summed E-state index contributed by atoms with van der Waals surface area (Å²) in [5.74, 6) is -0.744. The van der Waals surface area contributed by atoms with Crippen LogP contribution in [0.4, 0.5) is 0 Å². The summed E-state index contributed by atoms with van der Waals surface area (Å²) < 4.78 is 28.6. The van der Waals surface area contributed by atoms with Gasteiger partial charge in [0, 0.05) is 13.6 Å². The van der Waals surface area contributed by atoms with Gasteiger partial charge in [0.05, 0.1) is 19.3 Å². The Balaban J connectivity index is 4.11. The first-order valence-electron chi connectivity index (χ1n) is 4.65. The number of nitrogens with two attached hydrogens (primary N) is 1. The van der Waals surface area contributed by atoms with Crippen molar-refractivity contribution >= 4 is 16.0 Å². The first-order chi connectivity index (χ1) is 6.94. The Morgan fingerprint density at radius 2 is 2.07 bits per heavy atom. The van der Waals surface area contributed by atoms with Crippen LogP contribution in [0.1, 0.15) is 12.8 Å². The van der Waals surface area contributed by atoms with E-state index in [4.69, 9.17) is 5.73 Å². The Morgan fingerprint density at radius 3 is 2.53 bits per heavy atom. The van der Waals surface area contributed by atoms with Crippen LogP contribution in [-0.4, -0.2) is 51.7 Å². The number of hydrogen-bond donors (Lipinski definition) is 1. The van der Waals surface area contributed by atoms with Crippen molar-refractivity contribution in [2.45, 2.75) is 12.8 Å². The molecule has 0 spiro atoms. The minimum absolute atomic E-state index is 0.119. The molecule has 0 aromatic rings. The second-order valence-electron chi connectivity index (χ2n) is 3.11. The summed E-state index contributed by atoms with van der Waals surface area (Å²) in [6, 6.07) is 0. The summed E-state index contributed by atoms with van der Waals surface area (Å²) in [5, 5.41) is 0. The maximum Gasteiger partial charge on any atom is 0.306 e. The first kappa shape index (κ1) is 14.3. The second kappa shape index (κ2) is 6.76. The van der Waals surface area contributed by atoms with Crippen molar-refractivity contribution in [3.63, 3.8) is 0 Å². The van der Waals surface area contributed by atoms with Crippen molar-refractivity contribution in [1.82, 2.24) is 4.31 Å². The van der Waals surface area contributed by atoms with Gasteiger partial charge in [0.2, 0.25) is 10.0 Å². The van der Waals surface area contributed by atoms with Crippen LogP contribution >= 0.6 is 0 Å². The molecule has 6 nitrogen and oxygen atoms in total. The Bertz CT molecular complexity index is 289. The van der Waals surface area contributed by atoms with Gasteiger partial charge in [-0.25, -0.2) is 12.7 Å².